The number of unbranched alkanes of at least 4 members (excludes halogenated alkanes) is 12. The molecule has 180 valence electrons. The highest BCUT2D eigenvalue weighted by Gasteiger charge is 2.13. The highest BCUT2D eigenvalue weighted by molar-refractivity contribution is 5.96. The Morgan fingerprint density at radius 3 is 2.16 bits per heavy atom. The molecule has 32 heavy (non-hydrogen) atoms. The van der Waals surface area contributed by atoms with Crippen LogP contribution in [0.25, 0.3) is 0 Å². The zero-order valence-corrected chi connectivity index (χ0v) is 19.8. The van der Waals surface area contributed by atoms with Crippen molar-refractivity contribution in [2.24, 2.45) is 0 Å². The number of aromatic nitrogens is 1. The molecular formula is C26H42N2O4. The standard InChI is InChI=1S/C26H42N2O4/c1-2-3-4-5-6-7-8-9-10-11-12-13-14-15-16-17-21-32-24(30)22-28-26(31)25-23(29)19-18-20-27-25/h9-10,18-20,29H,2-8,11-17,21-22H2,1H3,(H,28,31)/b10-9-. The molecule has 0 fully saturated rings. The first-order valence-corrected chi connectivity index (χ1v) is 12.4. The number of carbonyl (C=O) groups excluding carboxylic acids is 2. The van der Waals surface area contributed by atoms with Crippen LogP contribution in [-0.4, -0.2) is 35.1 Å². The van der Waals surface area contributed by atoms with Crippen LogP contribution in [0.15, 0.2) is 30.5 Å². The second kappa shape index (κ2) is 19.3. The van der Waals surface area contributed by atoms with Crippen molar-refractivity contribution in [3.63, 3.8) is 0 Å². The fourth-order valence-corrected chi connectivity index (χ4v) is 3.39. The number of esters is 1. The van der Waals surface area contributed by atoms with Crippen molar-refractivity contribution in [1.29, 1.82) is 0 Å². The van der Waals surface area contributed by atoms with E-state index in [0.29, 0.717) is 6.61 Å². The predicted molar refractivity (Wildman–Crippen MR) is 129 cm³/mol. The zero-order valence-electron chi connectivity index (χ0n) is 19.8. The van der Waals surface area contributed by atoms with Gasteiger partial charge in [-0.05, 0) is 44.2 Å². The maximum atomic E-state index is 11.9. The van der Waals surface area contributed by atoms with Crippen LogP contribution in [-0.2, 0) is 9.53 Å². The Morgan fingerprint density at radius 1 is 0.938 bits per heavy atom. The van der Waals surface area contributed by atoms with Crippen molar-refractivity contribution in [1.82, 2.24) is 10.3 Å². The maximum Gasteiger partial charge on any atom is 0.325 e. The number of rotatable bonds is 19. The van der Waals surface area contributed by atoms with Crippen molar-refractivity contribution < 1.29 is 19.4 Å². The van der Waals surface area contributed by atoms with Crippen LogP contribution < -0.4 is 5.32 Å². The molecule has 0 saturated heterocycles. The molecule has 2 N–H and O–H groups in total. The van der Waals surface area contributed by atoms with Gasteiger partial charge in [0.25, 0.3) is 5.91 Å². The maximum absolute atomic E-state index is 11.9. The molecule has 1 aromatic heterocycles. The van der Waals surface area contributed by atoms with Gasteiger partial charge in [-0.15, -0.1) is 0 Å². The van der Waals surface area contributed by atoms with E-state index in [2.05, 4.69) is 29.4 Å². The van der Waals surface area contributed by atoms with Crippen LogP contribution in [0.1, 0.15) is 107 Å². The molecule has 6 heteroatoms. The van der Waals surface area contributed by atoms with Gasteiger partial charge in [0.2, 0.25) is 0 Å². The van der Waals surface area contributed by atoms with Gasteiger partial charge in [0, 0.05) is 6.20 Å². The predicted octanol–water partition coefficient (Wildman–Crippen LogP) is 6.10. The number of hydrogen-bond acceptors (Lipinski definition) is 5. The highest BCUT2D eigenvalue weighted by Crippen LogP contribution is 2.12. The normalized spacial score (nSPS) is 11.0. The molecule has 0 spiro atoms. The SMILES string of the molecule is CCCCCCCC/C=C\CCCCCCCCOC(=O)CNC(=O)c1ncccc1O. The second-order valence-electron chi connectivity index (χ2n) is 8.21. The Bertz CT molecular complexity index is 661. The van der Waals surface area contributed by atoms with Crippen LogP contribution in [0.3, 0.4) is 0 Å². The van der Waals surface area contributed by atoms with Crippen molar-refractivity contribution in [3.8, 4) is 5.75 Å². The third-order valence-corrected chi connectivity index (χ3v) is 5.31. The summed E-state index contributed by atoms with van der Waals surface area (Å²) in [6.45, 7) is 2.39. The molecule has 1 amide bonds. The lowest BCUT2D eigenvalue weighted by Crippen LogP contribution is -2.31. The quantitative estimate of drug-likeness (QED) is 0.152. The van der Waals surface area contributed by atoms with Crippen molar-refractivity contribution >= 4 is 11.9 Å². The minimum absolute atomic E-state index is 0.103. The average molecular weight is 447 g/mol. The summed E-state index contributed by atoms with van der Waals surface area (Å²) in [6.07, 6.45) is 23.3. The van der Waals surface area contributed by atoms with Gasteiger partial charge in [-0.1, -0.05) is 76.9 Å². The molecular weight excluding hydrogens is 404 g/mol. The summed E-state index contributed by atoms with van der Waals surface area (Å²) in [7, 11) is 0. The summed E-state index contributed by atoms with van der Waals surface area (Å²) in [5.74, 6) is -1.30. The zero-order chi connectivity index (χ0) is 23.3. The Balaban J connectivity index is 1.87. The summed E-state index contributed by atoms with van der Waals surface area (Å²) in [5.41, 5.74) is -0.103. The fraction of sp³-hybridized carbons (Fsp3) is 0.654. The minimum Gasteiger partial charge on any atom is -0.505 e. The molecule has 0 aromatic carbocycles. The number of amides is 1. The molecule has 0 aliphatic rings. The van der Waals surface area contributed by atoms with E-state index in [1.165, 1.54) is 89.0 Å². The number of pyridine rings is 1. The number of ether oxygens (including phenoxy) is 1. The van der Waals surface area contributed by atoms with Crippen LogP contribution in [0.5, 0.6) is 5.75 Å². The molecule has 0 unspecified atom stereocenters. The van der Waals surface area contributed by atoms with E-state index in [4.69, 9.17) is 4.74 Å². The van der Waals surface area contributed by atoms with Crippen molar-refractivity contribution in [2.75, 3.05) is 13.2 Å². The summed E-state index contributed by atoms with van der Waals surface area (Å²) in [6, 6.07) is 2.89. The molecule has 0 radical (unpaired) electrons. The van der Waals surface area contributed by atoms with Crippen LogP contribution >= 0.6 is 0 Å². The Labute approximate surface area is 193 Å². The lowest BCUT2D eigenvalue weighted by molar-refractivity contribution is -0.142. The number of nitrogens with zero attached hydrogens (tertiary/aromatic N) is 1. The van der Waals surface area contributed by atoms with E-state index >= 15 is 0 Å². The van der Waals surface area contributed by atoms with Gasteiger partial charge in [0.15, 0.2) is 5.69 Å². The largest absolute Gasteiger partial charge is 0.505 e. The molecule has 0 atom stereocenters. The summed E-state index contributed by atoms with van der Waals surface area (Å²) >= 11 is 0. The third kappa shape index (κ3) is 14.6. The van der Waals surface area contributed by atoms with Gasteiger partial charge in [-0.25, -0.2) is 4.98 Å². The molecule has 1 rings (SSSR count). The van der Waals surface area contributed by atoms with Crippen molar-refractivity contribution in [2.45, 2.75) is 96.8 Å². The third-order valence-electron chi connectivity index (χ3n) is 5.31. The van der Waals surface area contributed by atoms with Gasteiger partial charge in [-0.3, -0.25) is 9.59 Å². The van der Waals surface area contributed by atoms with E-state index in [1.807, 2.05) is 0 Å². The summed E-state index contributed by atoms with van der Waals surface area (Å²) in [4.78, 5) is 27.3. The molecule has 0 aliphatic heterocycles. The van der Waals surface area contributed by atoms with Gasteiger partial charge in [-0.2, -0.15) is 0 Å². The fourth-order valence-electron chi connectivity index (χ4n) is 3.39. The minimum atomic E-state index is -0.600. The molecule has 1 heterocycles. The first kappa shape index (κ1) is 27.7. The van der Waals surface area contributed by atoms with E-state index in [9.17, 15) is 14.7 Å². The molecule has 0 aliphatic carbocycles. The highest BCUT2D eigenvalue weighted by atomic mass is 16.5. The van der Waals surface area contributed by atoms with Crippen molar-refractivity contribution in [3.05, 3.63) is 36.2 Å². The van der Waals surface area contributed by atoms with Crippen LogP contribution in [0.2, 0.25) is 0 Å². The Hall–Kier alpha value is -2.37. The number of aromatic hydroxyl groups is 1. The molecule has 1 aromatic rings. The smallest absolute Gasteiger partial charge is 0.325 e. The van der Waals surface area contributed by atoms with Gasteiger partial charge in [0.05, 0.1) is 6.61 Å². The number of nitrogens with one attached hydrogen (secondary N) is 1. The first-order valence-electron chi connectivity index (χ1n) is 12.4. The second-order valence-corrected chi connectivity index (χ2v) is 8.21. The first-order chi connectivity index (χ1) is 15.6. The summed E-state index contributed by atoms with van der Waals surface area (Å²) < 4.78 is 5.13. The Morgan fingerprint density at radius 2 is 1.53 bits per heavy atom. The molecule has 0 saturated carbocycles. The monoisotopic (exact) mass is 446 g/mol. The van der Waals surface area contributed by atoms with Gasteiger partial charge < -0.3 is 15.2 Å². The average Bonchev–Trinajstić information content (AvgIpc) is 2.79. The van der Waals surface area contributed by atoms with Crippen LogP contribution in [0.4, 0.5) is 0 Å². The van der Waals surface area contributed by atoms with E-state index in [0.717, 1.165) is 19.3 Å². The van der Waals surface area contributed by atoms with Crippen LogP contribution in [0, 0.1) is 0 Å². The lowest BCUT2D eigenvalue weighted by atomic mass is 10.1. The van der Waals surface area contributed by atoms with E-state index in [1.54, 1.807) is 0 Å². The number of hydrogen-bond donors (Lipinski definition) is 2. The topological polar surface area (TPSA) is 88.5 Å². The molecule has 6 nitrogen and oxygen atoms in total. The Kier molecular flexibility index (Phi) is 16.7. The van der Waals surface area contributed by atoms with E-state index < -0.39 is 11.9 Å². The van der Waals surface area contributed by atoms with E-state index in [-0.39, 0.29) is 18.0 Å². The number of carbonyl (C=O) groups is 2. The lowest BCUT2D eigenvalue weighted by Gasteiger charge is -2.07. The summed E-state index contributed by atoms with van der Waals surface area (Å²) in [5, 5.41) is 12.0. The van der Waals surface area contributed by atoms with Gasteiger partial charge in [0.1, 0.15) is 12.3 Å². The van der Waals surface area contributed by atoms with Gasteiger partial charge >= 0.3 is 5.97 Å². The molecule has 0 bridgehead atoms. The number of allylic oxidation sites excluding steroid dienone is 2.